The van der Waals surface area contributed by atoms with Crippen LogP contribution >= 0.6 is 0 Å². The molecule has 1 heterocycles. The summed E-state index contributed by atoms with van der Waals surface area (Å²) >= 11 is 0. The molecule has 0 fully saturated rings. The highest BCUT2D eigenvalue weighted by Crippen LogP contribution is 2.36. The van der Waals surface area contributed by atoms with Crippen LogP contribution in [0.4, 0.5) is 0 Å². The molecule has 0 saturated carbocycles. The van der Waals surface area contributed by atoms with Crippen molar-refractivity contribution in [3.63, 3.8) is 0 Å². The molecule has 1 unspecified atom stereocenters. The number of ketones is 1. The van der Waals surface area contributed by atoms with E-state index in [4.69, 9.17) is 4.74 Å². The minimum atomic E-state index is -0.0406. The number of carbonyl (C=O) groups is 1. The van der Waals surface area contributed by atoms with Crippen LogP contribution in [0.1, 0.15) is 38.2 Å². The first-order chi connectivity index (χ1) is 7.77. The zero-order valence-electron chi connectivity index (χ0n) is 9.90. The molecule has 1 aromatic rings. The first-order valence-electron chi connectivity index (χ1n) is 6.03. The summed E-state index contributed by atoms with van der Waals surface area (Å²) in [5.74, 6) is 1.36. The molecule has 0 amide bonds. The van der Waals surface area contributed by atoms with Gasteiger partial charge in [-0.2, -0.15) is 0 Å². The highest BCUT2D eigenvalue weighted by Gasteiger charge is 2.32. The van der Waals surface area contributed by atoms with Gasteiger partial charge in [0.1, 0.15) is 18.1 Å². The Balaban J connectivity index is 2.22. The summed E-state index contributed by atoms with van der Waals surface area (Å²) in [6.45, 7) is 4.68. The van der Waals surface area contributed by atoms with Crippen molar-refractivity contribution in [3.05, 3.63) is 29.8 Å². The first kappa shape index (κ1) is 11.2. The fourth-order valence-corrected chi connectivity index (χ4v) is 2.37. The summed E-state index contributed by atoms with van der Waals surface area (Å²) in [5, 5.41) is 0. The lowest BCUT2D eigenvalue weighted by atomic mass is 9.86. The standard InChI is InChI=1S/C14H18O2/c1-3-10(4-2)14(15)12-9-16-13-8-6-5-7-11(12)13/h5-8,10,12H,3-4,9H2,1-2H3. The normalized spacial score (nSPS) is 18.3. The van der Waals surface area contributed by atoms with E-state index in [0.717, 1.165) is 24.2 Å². The molecule has 0 aliphatic carbocycles. The van der Waals surface area contributed by atoms with Gasteiger partial charge in [0.25, 0.3) is 0 Å². The van der Waals surface area contributed by atoms with E-state index in [0.29, 0.717) is 12.4 Å². The molecule has 1 aliphatic heterocycles. The fraction of sp³-hybridized carbons (Fsp3) is 0.500. The van der Waals surface area contributed by atoms with E-state index in [-0.39, 0.29) is 11.8 Å². The minimum Gasteiger partial charge on any atom is -0.492 e. The summed E-state index contributed by atoms with van der Waals surface area (Å²) in [4.78, 5) is 12.3. The first-order valence-corrected chi connectivity index (χ1v) is 6.03. The Hall–Kier alpha value is -1.31. The molecule has 0 saturated heterocycles. The predicted octanol–water partition coefficient (Wildman–Crippen LogP) is 3.17. The van der Waals surface area contributed by atoms with Crippen molar-refractivity contribution in [2.45, 2.75) is 32.6 Å². The van der Waals surface area contributed by atoms with Gasteiger partial charge in [0.2, 0.25) is 0 Å². The summed E-state index contributed by atoms with van der Waals surface area (Å²) in [7, 11) is 0. The van der Waals surface area contributed by atoms with Crippen molar-refractivity contribution in [2.75, 3.05) is 6.61 Å². The number of rotatable bonds is 4. The Kier molecular flexibility index (Phi) is 3.28. The summed E-state index contributed by atoms with van der Waals surface area (Å²) in [6, 6.07) is 7.87. The Morgan fingerprint density at radius 2 is 2.06 bits per heavy atom. The molecular weight excluding hydrogens is 200 g/mol. The van der Waals surface area contributed by atoms with Crippen LogP contribution in [0.25, 0.3) is 0 Å². The van der Waals surface area contributed by atoms with Crippen LogP contribution in [0.3, 0.4) is 0 Å². The molecule has 1 aromatic carbocycles. The molecular formula is C14H18O2. The lowest BCUT2D eigenvalue weighted by Crippen LogP contribution is -2.22. The second-order valence-electron chi connectivity index (χ2n) is 4.32. The third kappa shape index (κ3) is 1.84. The fourth-order valence-electron chi connectivity index (χ4n) is 2.37. The van der Waals surface area contributed by atoms with Gasteiger partial charge in [-0.25, -0.2) is 0 Å². The number of para-hydroxylation sites is 1. The number of fused-ring (bicyclic) bond motifs is 1. The average molecular weight is 218 g/mol. The number of ether oxygens (including phenoxy) is 1. The molecule has 0 aromatic heterocycles. The largest absolute Gasteiger partial charge is 0.492 e. The van der Waals surface area contributed by atoms with Crippen LogP contribution < -0.4 is 4.74 Å². The molecule has 2 nitrogen and oxygen atoms in total. The number of hydrogen-bond acceptors (Lipinski definition) is 2. The number of hydrogen-bond donors (Lipinski definition) is 0. The van der Waals surface area contributed by atoms with E-state index in [1.807, 2.05) is 24.3 Å². The molecule has 2 heteroatoms. The topological polar surface area (TPSA) is 26.3 Å². The van der Waals surface area contributed by atoms with Crippen LogP contribution in [0.15, 0.2) is 24.3 Å². The Morgan fingerprint density at radius 1 is 1.38 bits per heavy atom. The zero-order valence-corrected chi connectivity index (χ0v) is 9.90. The summed E-state index contributed by atoms with van der Waals surface area (Å²) < 4.78 is 5.55. The summed E-state index contributed by atoms with van der Waals surface area (Å²) in [5.41, 5.74) is 1.07. The summed E-state index contributed by atoms with van der Waals surface area (Å²) in [6.07, 6.45) is 1.85. The smallest absolute Gasteiger partial charge is 0.146 e. The quantitative estimate of drug-likeness (QED) is 0.776. The zero-order chi connectivity index (χ0) is 11.5. The molecule has 1 aliphatic rings. The Bertz CT molecular complexity index is 380. The van der Waals surface area contributed by atoms with E-state index in [2.05, 4.69) is 13.8 Å². The Morgan fingerprint density at radius 3 is 2.75 bits per heavy atom. The molecule has 1 atom stereocenters. The van der Waals surface area contributed by atoms with Crippen molar-refractivity contribution in [1.82, 2.24) is 0 Å². The number of carbonyl (C=O) groups excluding carboxylic acids is 1. The van der Waals surface area contributed by atoms with Crippen LogP contribution in [-0.2, 0) is 4.79 Å². The molecule has 0 spiro atoms. The molecule has 16 heavy (non-hydrogen) atoms. The number of Topliss-reactive ketones (excluding diaryl/α,β-unsaturated/α-hetero) is 1. The van der Waals surface area contributed by atoms with Gasteiger partial charge >= 0.3 is 0 Å². The van der Waals surface area contributed by atoms with Crippen molar-refractivity contribution in [1.29, 1.82) is 0 Å². The van der Waals surface area contributed by atoms with E-state index in [1.54, 1.807) is 0 Å². The van der Waals surface area contributed by atoms with Crippen molar-refractivity contribution in [2.24, 2.45) is 5.92 Å². The van der Waals surface area contributed by atoms with E-state index < -0.39 is 0 Å². The van der Waals surface area contributed by atoms with Gasteiger partial charge in [-0.1, -0.05) is 32.0 Å². The van der Waals surface area contributed by atoms with Gasteiger partial charge in [0, 0.05) is 11.5 Å². The monoisotopic (exact) mass is 218 g/mol. The van der Waals surface area contributed by atoms with Crippen molar-refractivity contribution < 1.29 is 9.53 Å². The highest BCUT2D eigenvalue weighted by molar-refractivity contribution is 5.89. The van der Waals surface area contributed by atoms with Gasteiger partial charge in [-0.15, -0.1) is 0 Å². The van der Waals surface area contributed by atoms with E-state index in [1.165, 1.54) is 0 Å². The SMILES string of the molecule is CCC(CC)C(=O)C1COc2ccccc21. The molecule has 0 N–H and O–H groups in total. The average Bonchev–Trinajstić information content (AvgIpc) is 2.74. The third-order valence-electron chi connectivity index (χ3n) is 3.43. The Labute approximate surface area is 96.6 Å². The second kappa shape index (κ2) is 4.69. The lowest BCUT2D eigenvalue weighted by Gasteiger charge is -2.15. The predicted molar refractivity (Wildman–Crippen MR) is 63.8 cm³/mol. The van der Waals surface area contributed by atoms with E-state index in [9.17, 15) is 4.79 Å². The maximum Gasteiger partial charge on any atom is 0.146 e. The molecule has 86 valence electrons. The molecule has 0 bridgehead atoms. The van der Waals surface area contributed by atoms with Crippen LogP contribution in [0, 0.1) is 5.92 Å². The van der Waals surface area contributed by atoms with Gasteiger partial charge in [-0.3, -0.25) is 4.79 Å². The van der Waals surface area contributed by atoms with Crippen LogP contribution in [-0.4, -0.2) is 12.4 Å². The molecule has 0 radical (unpaired) electrons. The third-order valence-corrected chi connectivity index (χ3v) is 3.43. The van der Waals surface area contributed by atoms with E-state index >= 15 is 0 Å². The van der Waals surface area contributed by atoms with Gasteiger partial charge in [0.15, 0.2) is 0 Å². The van der Waals surface area contributed by atoms with Crippen LogP contribution in [0.5, 0.6) is 5.75 Å². The van der Waals surface area contributed by atoms with Gasteiger partial charge in [0.05, 0.1) is 5.92 Å². The van der Waals surface area contributed by atoms with Crippen LogP contribution in [0.2, 0.25) is 0 Å². The molecule has 2 rings (SSSR count). The minimum absolute atomic E-state index is 0.0406. The number of benzene rings is 1. The van der Waals surface area contributed by atoms with Crippen molar-refractivity contribution in [3.8, 4) is 5.75 Å². The van der Waals surface area contributed by atoms with Gasteiger partial charge in [-0.05, 0) is 18.9 Å². The van der Waals surface area contributed by atoms with Gasteiger partial charge < -0.3 is 4.74 Å². The maximum atomic E-state index is 12.3. The highest BCUT2D eigenvalue weighted by atomic mass is 16.5. The lowest BCUT2D eigenvalue weighted by molar-refractivity contribution is -0.124. The van der Waals surface area contributed by atoms with Crippen molar-refractivity contribution >= 4 is 5.78 Å². The maximum absolute atomic E-state index is 12.3. The second-order valence-corrected chi connectivity index (χ2v) is 4.32.